The summed E-state index contributed by atoms with van der Waals surface area (Å²) in [5.74, 6) is 1.68. The van der Waals surface area contributed by atoms with Gasteiger partial charge in [0.05, 0.1) is 6.61 Å². The zero-order valence-corrected chi connectivity index (χ0v) is 12.4. The third-order valence-corrected chi connectivity index (χ3v) is 3.62. The molecule has 104 valence electrons. The molecule has 0 aliphatic carbocycles. The number of hydrogen-bond donors (Lipinski definition) is 1. The lowest BCUT2D eigenvalue weighted by Crippen LogP contribution is -2.21. The van der Waals surface area contributed by atoms with Gasteiger partial charge in [0, 0.05) is 13.2 Å². The first-order valence-corrected chi connectivity index (χ1v) is 7.49. The Morgan fingerprint density at radius 3 is 2.18 bits per heavy atom. The third-order valence-electron chi connectivity index (χ3n) is 3.62. The van der Waals surface area contributed by atoms with Crippen LogP contribution in [-0.2, 0) is 4.74 Å². The Morgan fingerprint density at radius 1 is 0.882 bits per heavy atom. The Kier molecular flexibility index (Phi) is 12.3. The Bertz CT molecular complexity index is 134. The fraction of sp³-hybridized carbons (Fsp3) is 1.00. The molecule has 0 rings (SSSR count). The topological polar surface area (TPSA) is 21.3 Å². The largest absolute Gasteiger partial charge is 0.380 e. The highest BCUT2D eigenvalue weighted by atomic mass is 16.5. The summed E-state index contributed by atoms with van der Waals surface area (Å²) in [6.07, 6.45) is 6.40. The molecule has 0 aromatic rings. The molecule has 1 N–H and O–H groups in total. The molecule has 17 heavy (non-hydrogen) atoms. The fourth-order valence-electron chi connectivity index (χ4n) is 1.64. The summed E-state index contributed by atoms with van der Waals surface area (Å²) in [7, 11) is 0. The maximum atomic E-state index is 5.59. The van der Waals surface area contributed by atoms with Gasteiger partial charge in [0.2, 0.25) is 0 Å². The molecule has 0 radical (unpaired) electrons. The van der Waals surface area contributed by atoms with Crippen LogP contribution in [0.15, 0.2) is 0 Å². The van der Waals surface area contributed by atoms with E-state index in [1.807, 2.05) is 0 Å². The Labute approximate surface area is 109 Å². The monoisotopic (exact) mass is 243 g/mol. The van der Waals surface area contributed by atoms with Crippen molar-refractivity contribution < 1.29 is 4.74 Å². The molecule has 0 saturated carbocycles. The highest BCUT2D eigenvalue weighted by Gasteiger charge is 1.99. The summed E-state index contributed by atoms with van der Waals surface area (Å²) in [6, 6.07) is 0. The molecule has 0 amide bonds. The number of ether oxygens (including phenoxy) is 1. The predicted molar refractivity (Wildman–Crippen MR) is 76.4 cm³/mol. The molecule has 2 unspecified atom stereocenters. The maximum absolute atomic E-state index is 5.59. The van der Waals surface area contributed by atoms with Gasteiger partial charge in [-0.2, -0.15) is 0 Å². The van der Waals surface area contributed by atoms with E-state index in [9.17, 15) is 0 Å². The minimum atomic E-state index is 0.804. The normalized spacial score (nSPS) is 14.8. The van der Waals surface area contributed by atoms with E-state index < -0.39 is 0 Å². The second-order valence-corrected chi connectivity index (χ2v) is 5.32. The summed E-state index contributed by atoms with van der Waals surface area (Å²) in [6.45, 7) is 13.0. The lowest BCUT2D eigenvalue weighted by Gasteiger charge is -2.10. The van der Waals surface area contributed by atoms with E-state index in [2.05, 4.69) is 33.0 Å². The van der Waals surface area contributed by atoms with Crippen LogP contribution in [0.3, 0.4) is 0 Å². The molecule has 0 aliphatic heterocycles. The van der Waals surface area contributed by atoms with Crippen molar-refractivity contribution in [2.24, 2.45) is 11.8 Å². The standard InChI is InChI=1S/C15H33NO/c1-5-14(3)8-7-10-16-11-13-17-12-9-15(4)6-2/h14-16H,5-13H2,1-4H3. The molecule has 0 heterocycles. The van der Waals surface area contributed by atoms with Gasteiger partial charge in [0.25, 0.3) is 0 Å². The molecule has 0 aromatic carbocycles. The van der Waals surface area contributed by atoms with Crippen LogP contribution in [0, 0.1) is 11.8 Å². The summed E-state index contributed by atoms with van der Waals surface area (Å²) in [4.78, 5) is 0. The SMILES string of the molecule is CCC(C)CCCNCCOCCC(C)CC. The summed E-state index contributed by atoms with van der Waals surface area (Å²) in [5.41, 5.74) is 0. The van der Waals surface area contributed by atoms with Crippen molar-refractivity contribution in [3.05, 3.63) is 0 Å². The van der Waals surface area contributed by atoms with Gasteiger partial charge >= 0.3 is 0 Å². The van der Waals surface area contributed by atoms with Crippen molar-refractivity contribution in [3.63, 3.8) is 0 Å². The lowest BCUT2D eigenvalue weighted by molar-refractivity contribution is 0.123. The number of rotatable bonds is 12. The van der Waals surface area contributed by atoms with Crippen molar-refractivity contribution >= 4 is 0 Å². The highest BCUT2D eigenvalue weighted by Crippen LogP contribution is 2.08. The van der Waals surface area contributed by atoms with Crippen LogP contribution in [-0.4, -0.2) is 26.3 Å². The van der Waals surface area contributed by atoms with E-state index in [1.165, 1.54) is 32.1 Å². The molecular formula is C15H33NO. The van der Waals surface area contributed by atoms with E-state index in [-0.39, 0.29) is 0 Å². The van der Waals surface area contributed by atoms with Gasteiger partial charge in [-0.05, 0) is 37.6 Å². The van der Waals surface area contributed by atoms with Crippen molar-refractivity contribution in [1.82, 2.24) is 5.32 Å². The minimum Gasteiger partial charge on any atom is -0.380 e. The molecule has 0 spiro atoms. The van der Waals surface area contributed by atoms with Crippen LogP contribution >= 0.6 is 0 Å². The first kappa shape index (κ1) is 16.9. The van der Waals surface area contributed by atoms with E-state index in [4.69, 9.17) is 4.74 Å². The van der Waals surface area contributed by atoms with Gasteiger partial charge in [-0.15, -0.1) is 0 Å². The van der Waals surface area contributed by atoms with Gasteiger partial charge in [-0.25, -0.2) is 0 Å². The maximum Gasteiger partial charge on any atom is 0.0590 e. The Hall–Kier alpha value is -0.0800. The van der Waals surface area contributed by atoms with Gasteiger partial charge in [-0.1, -0.05) is 40.5 Å². The third kappa shape index (κ3) is 12.2. The van der Waals surface area contributed by atoms with Crippen LogP contribution in [0.4, 0.5) is 0 Å². The lowest BCUT2D eigenvalue weighted by atomic mass is 10.0. The Balaban J connectivity index is 3.04. The van der Waals surface area contributed by atoms with Crippen molar-refractivity contribution in [1.29, 1.82) is 0 Å². The average Bonchev–Trinajstić information content (AvgIpc) is 2.35. The Morgan fingerprint density at radius 2 is 1.53 bits per heavy atom. The van der Waals surface area contributed by atoms with E-state index in [0.29, 0.717) is 0 Å². The first-order valence-electron chi connectivity index (χ1n) is 7.49. The van der Waals surface area contributed by atoms with Crippen molar-refractivity contribution in [3.8, 4) is 0 Å². The molecule has 0 bridgehead atoms. The van der Waals surface area contributed by atoms with Crippen molar-refractivity contribution in [2.75, 3.05) is 26.3 Å². The summed E-state index contributed by atoms with van der Waals surface area (Å²) >= 11 is 0. The molecule has 2 atom stereocenters. The highest BCUT2D eigenvalue weighted by molar-refractivity contribution is 4.53. The molecule has 2 heteroatoms. The zero-order valence-electron chi connectivity index (χ0n) is 12.4. The molecule has 0 aromatic heterocycles. The van der Waals surface area contributed by atoms with Crippen LogP contribution in [0.1, 0.15) is 59.8 Å². The molecule has 0 saturated heterocycles. The first-order chi connectivity index (χ1) is 8.20. The van der Waals surface area contributed by atoms with Gasteiger partial charge in [0.1, 0.15) is 0 Å². The predicted octanol–water partition coefficient (Wildman–Crippen LogP) is 3.86. The van der Waals surface area contributed by atoms with E-state index >= 15 is 0 Å². The van der Waals surface area contributed by atoms with E-state index in [0.717, 1.165) is 38.1 Å². The second-order valence-electron chi connectivity index (χ2n) is 5.32. The zero-order chi connectivity index (χ0) is 12.9. The van der Waals surface area contributed by atoms with Crippen LogP contribution < -0.4 is 5.32 Å². The van der Waals surface area contributed by atoms with Crippen LogP contribution in [0.5, 0.6) is 0 Å². The van der Waals surface area contributed by atoms with Crippen LogP contribution in [0.2, 0.25) is 0 Å². The quantitative estimate of drug-likeness (QED) is 0.526. The van der Waals surface area contributed by atoms with Crippen LogP contribution in [0.25, 0.3) is 0 Å². The summed E-state index contributed by atoms with van der Waals surface area (Å²) < 4.78 is 5.59. The number of nitrogens with one attached hydrogen (secondary N) is 1. The number of hydrogen-bond acceptors (Lipinski definition) is 2. The second kappa shape index (κ2) is 12.4. The van der Waals surface area contributed by atoms with E-state index in [1.54, 1.807) is 0 Å². The molecule has 0 aliphatic rings. The van der Waals surface area contributed by atoms with Crippen molar-refractivity contribution in [2.45, 2.75) is 59.8 Å². The smallest absolute Gasteiger partial charge is 0.0590 e. The minimum absolute atomic E-state index is 0.804. The molecule has 2 nitrogen and oxygen atoms in total. The van der Waals surface area contributed by atoms with Gasteiger partial charge in [-0.3, -0.25) is 0 Å². The molecular weight excluding hydrogens is 210 g/mol. The summed E-state index contributed by atoms with van der Waals surface area (Å²) in [5, 5.41) is 3.44. The van der Waals surface area contributed by atoms with Gasteiger partial charge < -0.3 is 10.1 Å². The molecule has 0 fully saturated rings. The van der Waals surface area contributed by atoms with Gasteiger partial charge in [0.15, 0.2) is 0 Å². The average molecular weight is 243 g/mol. The fourth-order valence-corrected chi connectivity index (χ4v) is 1.64.